The van der Waals surface area contributed by atoms with Gasteiger partial charge in [-0.1, -0.05) is 26.0 Å². The Morgan fingerprint density at radius 1 is 1.24 bits per heavy atom. The number of likely N-dealkylation sites (tertiary alicyclic amines) is 1. The van der Waals surface area contributed by atoms with Crippen LogP contribution in [0.2, 0.25) is 0 Å². The highest BCUT2D eigenvalue weighted by Crippen LogP contribution is 2.38. The first kappa shape index (κ1) is 22.6. The maximum absolute atomic E-state index is 9.00. The SMILES string of the molecule is CO/C1=C/C(c2[nH]c3ccc(C4CCN(CC#N)CC4)cc3c2C(C)C)=C\CCC2N=CN=C12. The van der Waals surface area contributed by atoms with Gasteiger partial charge in [0.05, 0.1) is 25.8 Å². The highest BCUT2D eigenvalue weighted by Gasteiger charge is 2.26. The number of piperidine rings is 1. The minimum Gasteiger partial charge on any atom is -0.495 e. The number of aromatic amines is 1. The van der Waals surface area contributed by atoms with E-state index >= 15 is 0 Å². The number of ether oxygens (including phenoxy) is 1. The Labute approximate surface area is 201 Å². The highest BCUT2D eigenvalue weighted by molar-refractivity contribution is 6.10. The quantitative estimate of drug-likeness (QED) is 0.600. The molecule has 2 aliphatic heterocycles. The molecule has 1 fully saturated rings. The summed E-state index contributed by atoms with van der Waals surface area (Å²) >= 11 is 0. The molecule has 1 aromatic carbocycles. The standard InChI is InChI=1S/C28H33N5O/c1-18(2)26-22-15-20(19-9-12-33(13-10-19)14-11-29)7-8-23(22)32-27(26)21-5-4-6-24-28(31-17-30-24)25(16-21)34-3/h5,7-8,15-19,24,32H,4,6,9-10,12-14H2,1-3H3/b21-5+,25-16+. The molecule has 1 saturated heterocycles. The topological polar surface area (TPSA) is 76.8 Å². The Kier molecular flexibility index (Phi) is 6.38. The van der Waals surface area contributed by atoms with Gasteiger partial charge in [0.1, 0.15) is 17.8 Å². The number of nitriles is 1. The normalized spacial score (nSPS) is 24.6. The minimum absolute atomic E-state index is 0.0958. The average molecular weight is 456 g/mol. The summed E-state index contributed by atoms with van der Waals surface area (Å²) in [5, 5.41) is 10.3. The third-order valence-electron chi connectivity index (χ3n) is 7.40. The predicted molar refractivity (Wildman–Crippen MR) is 138 cm³/mol. The molecule has 0 amide bonds. The third-order valence-corrected chi connectivity index (χ3v) is 7.40. The molecular formula is C28H33N5O. The van der Waals surface area contributed by atoms with Crippen LogP contribution in [0.3, 0.4) is 0 Å². The van der Waals surface area contributed by atoms with Crippen molar-refractivity contribution < 1.29 is 4.74 Å². The first-order valence-electron chi connectivity index (χ1n) is 12.4. The van der Waals surface area contributed by atoms with E-state index in [1.165, 1.54) is 27.7 Å². The monoisotopic (exact) mass is 455 g/mol. The number of hydrogen-bond acceptors (Lipinski definition) is 5. The van der Waals surface area contributed by atoms with Gasteiger partial charge >= 0.3 is 0 Å². The van der Waals surface area contributed by atoms with Crippen LogP contribution >= 0.6 is 0 Å². The fraction of sp³-hybridized carbons (Fsp3) is 0.464. The number of methoxy groups -OCH3 is 1. The number of hydrogen-bond donors (Lipinski definition) is 1. The van der Waals surface area contributed by atoms with Crippen molar-refractivity contribution in [3.8, 4) is 6.07 Å². The second-order valence-corrected chi connectivity index (χ2v) is 9.83. The van der Waals surface area contributed by atoms with Gasteiger partial charge in [-0.2, -0.15) is 5.26 Å². The van der Waals surface area contributed by atoms with Crippen LogP contribution in [0.5, 0.6) is 0 Å². The summed E-state index contributed by atoms with van der Waals surface area (Å²) in [7, 11) is 1.71. The molecule has 3 aliphatic rings. The Bertz CT molecular complexity index is 1230. The molecule has 1 unspecified atom stereocenters. The van der Waals surface area contributed by atoms with E-state index in [0.717, 1.165) is 55.8 Å². The van der Waals surface area contributed by atoms with Crippen LogP contribution in [0, 0.1) is 11.3 Å². The molecule has 0 saturated carbocycles. The molecule has 176 valence electrons. The average Bonchev–Trinajstić information content (AvgIpc) is 3.44. The molecule has 0 bridgehead atoms. The lowest BCUT2D eigenvalue weighted by Gasteiger charge is -2.30. The van der Waals surface area contributed by atoms with E-state index in [-0.39, 0.29) is 6.04 Å². The van der Waals surface area contributed by atoms with Crippen molar-refractivity contribution in [3.63, 3.8) is 0 Å². The van der Waals surface area contributed by atoms with Crippen LogP contribution in [0.1, 0.15) is 68.2 Å². The van der Waals surface area contributed by atoms with Gasteiger partial charge in [-0.3, -0.25) is 9.89 Å². The maximum Gasteiger partial charge on any atom is 0.143 e. The van der Waals surface area contributed by atoms with E-state index in [1.807, 2.05) is 0 Å². The summed E-state index contributed by atoms with van der Waals surface area (Å²) in [5.41, 5.74) is 7.23. The molecular weight excluding hydrogens is 422 g/mol. The highest BCUT2D eigenvalue weighted by atomic mass is 16.5. The van der Waals surface area contributed by atoms with Crippen molar-refractivity contribution in [1.29, 1.82) is 5.26 Å². The van der Waals surface area contributed by atoms with Crippen molar-refractivity contribution in [2.24, 2.45) is 9.98 Å². The number of aromatic nitrogens is 1. The predicted octanol–water partition coefficient (Wildman–Crippen LogP) is 5.55. The number of benzene rings is 1. The largest absolute Gasteiger partial charge is 0.495 e. The summed E-state index contributed by atoms with van der Waals surface area (Å²) in [4.78, 5) is 15.0. The van der Waals surface area contributed by atoms with Gasteiger partial charge in [0, 0.05) is 16.6 Å². The van der Waals surface area contributed by atoms with Crippen molar-refractivity contribution in [2.45, 2.75) is 57.4 Å². The van der Waals surface area contributed by atoms with Crippen LogP contribution in [0.4, 0.5) is 0 Å². The van der Waals surface area contributed by atoms with Gasteiger partial charge < -0.3 is 9.72 Å². The number of fused-ring (bicyclic) bond motifs is 2. The molecule has 0 radical (unpaired) electrons. The second-order valence-electron chi connectivity index (χ2n) is 9.83. The first-order chi connectivity index (χ1) is 16.6. The lowest BCUT2D eigenvalue weighted by atomic mass is 9.87. The lowest BCUT2D eigenvalue weighted by Crippen LogP contribution is -2.33. The number of aliphatic imine (C=N–C) groups is 2. The molecule has 2 aromatic rings. The Balaban J connectivity index is 1.52. The summed E-state index contributed by atoms with van der Waals surface area (Å²) in [6.07, 6.45) is 10.2. The Hall–Kier alpha value is -3.17. The summed E-state index contributed by atoms with van der Waals surface area (Å²) in [5.74, 6) is 1.73. The summed E-state index contributed by atoms with van der Waals surface area (Å²) < 4.78 is 5.76. The molecule has 6 heteroatoms. The van der Waals surface area contributed by atoms with Crippen molar-refractivity contribution in [3.05, 3.63) is 52.9 Å². The molecule has 6 nitrogen and oxygen atoms in total. The van der Waals surface area contributed by atoms with Gasteiger partial charge in [-0.05, 0) is 85.5 Å². The van der Waals surface area contributed by atoms with Crippen LogP contribution in [0.25, 0.3) is 16.5 Å². The molecule has 5 rings (SSSR count). The van der Waals surface area contributed by atoms with Gasteiger partial charge in [0.25, 0.3) is 0 Å². The third kappa shape index (κ3) is 4.21. The molecule has 0 spiro atoms. The number of nitrogens with zero attached hydrogens (tertiary/aromatic N) is 4. The van der Waals surface area contributed by atoms with Crippen LogP contribution < -0.4 is 0 Å². The van der Waals surface area contributed by atoms with E-state index in [0.29, 0.717) is 18.4 Å². The molecule has 1 aliphatic carbocycles. The summed E-state index contributed by atoms with van der Waals surface area (Å²) in [6.45, 7) is 7.08. The second kappa shape index (κ2) is 9.60. The van der Waals surface area contributed by atoms with Gasteiger partial charge in [0.2, 0.25) is 0 Å². The molecule has 34 heavy (non-hydrogen) atoms. The first-order valence-corrected chi connectivity index (χ1v) is 12.4. The molecule has 1 atom stereocenters. The number of allylic oxidation sites excluding steroid dienone is 3. The molecule has 1 N–H and O–H groups in total. The zero-order valence-corrected chi connectivity index (χ0v) is 20.3. The number of nitrogens with one attached hydrogen (secondary N) is 1. The fourth-order valence-corrected chi connectivity index (χ4v) is 5.62. The van der Waals surface area contributed by atoms with Crippen LogP contribution in [-0.2, 0) is 4.74 Å². The minimum atomic E-state index is 0.0958. The van der Waals surface area contributed by atoms with E-state index < -0.39 is 0 Å². The van der Waals surface area contributed by atoms with E-state index in [4.69, 9.17) is 10.00 Å². The van der Waals surface area contributed by atoms with E-state index in [9.17, 15) is 0 Å². The Morgan fingerprint density at radius 3 is 2.79 bits per heavy atom. The maximum atomic E-state index is 9.00. The van der Waals surface area contributed by atoms with Crippen LogP contribution in [-0.4, -0.2) is 54.7 Å². The summed E-state index contributed by atoms with van der Waals surface area (Å²) in [6, 6.07) is 9.32. The van der Waals surface area contributed by atoms with Crippen molar-refractivity contribution >= 4 is 28.5 Å². The molecule has 3 heterocycles. The molecule has 1 aromatic heterocycles. The number of rotatable bonds is 5. The van der Waals surface area contributed by atoms with E-state index in [1.54, 1.807) is 13.4 Å². The van der Waals surface area contributed by atoms with Gasteiger partial charge in [0.15, 0.2) is 0 Å². The fourth-order valence-electron chi connectivity index (χ4n) is 5.62. The Morgan fingerprint density at radius 2 is 2.06 bits per heavy atom. The van der Waals surface area contributed by atoms with Crippen LogP contribution in [0.15, 0.2) is 46.1 Å². The van der Waals surface area contributed by atoms with Crippen molar-refractivity contribution in [1.82, 2.24) is 9.88 Å². The van der Waals surface area contributed by atoms with E-state index in [2.05, 4.69) is 70.1 Å². The zero-order valence-electron chi connectivity index (χ0n) is 20.3. The number of H-pyrrole nitrogens is 1. The van der Waals surface area contributed by atoms with Gasteiger partial charge in [-0.25, -0.2) is 4.99 Å². The van der Waals surface area contributed by atoms with Crippen molar-refractivity contribution in [2.75, 3.05) is 26.7 Å². The lowest BCUT2D eigenvalue weighted by molar-refractivity contribution is 0.235. The smallest absolute Gasteiger partial charge is 0.143 e. The zero-order chi connectivity index (χ0) is 23.7. The van der Waals surface area contributed by atoms with Gasteiger partial charge in [-0.15, -0.1) is 0 Å².